The number of rotatable bonds is 0. The van der Waals surface area contributed by atoms with Crippen LogP contribution >= 0.6 is 23.2 Å². The molecule has 1 aromatic carbocycles. The summed E-state index contributed by atoms with van der Waals surface area (Å²) < 4.78 is 1.28. The minimum Gasteiger partial charge on any atom is -0.286 e. The van der Waals surface area contributed by atoms with Crippen molar-refractivity contribution >= 4 is 34.1 Å². The molecule has 0 aliphatic heterocycles. The van der Waals surface area contributed by atoms with Crippen molar-refractivity contribution in [1.29, 1.82) is 0 Å². The fourth-order valence-electron chi connectivity index (χ4n) is 1.23. The van der Waals surface area contributed by atoms with Crippen molar-refractivity contribution in [2.24, 2.45) is 7.05 Å². The second-order valence-corrected chi connectivity index (χ2v) is 3.63. The highest BCUT2D eigenvalue weighted by Gasteiger charge is 2.07. The molecule has 1 heterocycles. The minimum atomic E-state index is -0.192. The van der Waals surface area contributed by atoms with E-state index in [1.54, 1.807) is 25.2 Å². The lowest BCUT2D eigenvalue weighted by molar-refractivity contribution is 0.844. The van der Waals surface area contributed by atoms with Crippen molar-refractivity contribution < 1.29 is 0 Å². The third-order valence-corrected chi connectivity index (χ3v) is 2.65. The molecular formula is C9H6Cl2N2O. The summed E-state index contributed by atoms with van der Waals surface area (Å²) in [5, 5.41) is 1.04. The molecule has 1 aromatic heterocycles. The second kappa shape index (κ2) is 3.26. The summed E-state index contributed by atoms with van der Waals surface area (Å²) in [5.74, 6) is 0. The summed E-state index contributed by atoms with van der Waals surface area (Å²) in [4.78, 5) is 15.7. The fraction of sp³-hybridized carbons (Fsp3) is 0.111. The van der Waals surface area contributed by atoms with E-state index in [-0.39, 0.29) is 10.8 Å². The summed E-state index contributed by atoms with van der Waals surface area (Å²) in [6, 6.07) is 5.06. The third kappa shape index (κ3) is 1.29. The first-order valence-electron chi connectivity index (χ1n) is 3.92. The lowest BCUT2D eigenvalue weighted by Crippen LogP contribution is -2.18. The number of benzene rings is 1. The highest BCUT2D eigenvalue weighted by Crippen LogP contribution is 2.19. The van der Waals surface area contributed by atoms with Gasteiger partial charge in [-0.15, -0.1) is 0 Å². The first-order chi connectivity index (χ1) is 6.61. The van der Waals surface area contributed by atoms with E-state index in [4.69, 9.17) is 23.2 Å². The Labute approximate surface area is 89.9 Å². The highest BCUT2D eigenvalue weighted by molar-refractivity contribution is 6.35. The summed E-state index contributed by atoms with van der Waals surface area (Å²) in [5.41, 5.74) is 0.254. The van der Waals surface area contributed by atoms with Gasteiger partial charge in [0.25, 0.3) is 5.56 Å². The van der Waals surface area contributed by atoms with E-state index in [0.717, 1.165) is 0 Å². The SMILES string of the molecule is Cn1c(Cl)nc2c(Cl)cccc2c1=O. The molecule has 0 bridgehead atoms. The van der Waals surface area contributed by atoms with E-state index in [9.17, 15) is 4.79 Å². The summed E-state index contributed by atoms with van der Waals surface area (Å²) in [7, 11) is 1.57. The van der Waals surface area contributed by atoms with Crippen LogP contribution < -0.4 is 5.56 Å². The molecule has 0 saturated heterocycles. The van der Waals surface area contributed by atoms with Gasteiger partial charge < -0.3 is 0 Å². The van der Waals surface area contributed by atoms with Crippen LogP contribution in [0.1, 0.15) is 0 Å². The second-order valence-electron chi connectivity index (χ2n) is 2.88. The van der Waals surface area contributed by atoms with Crippen LogP contribution in [0.4, 0.5) is 0 Å². The maximum Gasteiger partial charge on any atom is 0.262 e. The van der Waals surface area contributed by atoms with Gasteiger partial charge in [0.1, 0.15) is 0 Å². The van der Waals surface area contributed by atoms with Gasteiger partial charge in [0, 0.05) is 7.05 Å². The molecule has 5 heteroatoms. The number of hydrogen-bond donors (Lipinski definition) is 0. The first kappa shape index (κ1) is 9.49. The van der Waals surface area contributed by atoms with Crippen LogP contribution in [-0.4, -0.2) is 9.55 Å². The van der Waals surface area contributed by atoms with Crippen LogP contribution in [-0.2, 0) is 7.05 Å². The maximum absolute atomic E-state index is 11.7. The van der Waals surface area contributed by atoms with E-state index < -0.39 is 0 Å². The predicted octanol–water partition coefficient (Wildman–Crippen LogP) is 2.24. The molecule has 2 aromatic rings. The first-order valence-corrected chi connectivity index (χ1v) is 4.67. The number of para-hydroxylation sites is 1. The average molecular weight is 229 g/mol. The Morgan fingerprint density at radius 2 is 2.07 bits per heavy atom. The van der Waals surface area contributed by atoms with E-state index in [0.29, 0.717) is 15.9 Å². The van der Waals surface area contributed by atoms with E-state index in [1.807, 2.05) is 0 Å². The number of aromatic nitrogens is 2. The molecule has 0 N–H and O–H groups in total. The van der Waals surface area contributed by atoms with Crippen LogP contribution in [0.25, 0.3) is 10.9 Å². The van der Waals surface area contributed by atoms with Crippen LogP contribution in [0, 0.1) is 0 Å². The summed E-state index contributed by atoms with van der Waals surface area (Å²) in [6.45, 7) is 0. The topological polar surface area (TPSA) is 34.9 Å². The van der Waals surface area contributed by atoms with Gasteiger partial charge in [0.2, 0.25) is 5.28 Å². The monoisotopic (exact) mass is 228 g/mol. The molecule has 0 spiro atoms. The Morgan fingerprint density at radius 1 is 1.36 bits per heavy atom. The number of hydrogen-bond acceptors (Lipinski definition) is 2. The lowest BCUT2D eigenvalue weighted by atomic mass is 10.2. The van der Waals surface area contributed by atoms with E-state index in [2.05, 4.69) is 4.98 Å². The Bertz CT molecular complexity index is 562. The summed E-state index contributed by atoms with van der Waals surface area (Å²) >= 11 is 11.6. The minimum absolute atomic E-state index is 0.135. The number of halogens is 2. The van der Waals surface area contributed by atoms with Crippen molar-refractivity contribution in [3.63, 3.8) is 0 Å². The lowest BCUT2D eigenvalue weighted by Gasteiger charge is -2.03. The van der Waals surface area contributed by atoms with Gasteiger partial charge in [0.15, 0.2) is 0 Å². The van der Waals surface area contributed by atoms with Crippen molar-refractivity contribution in [3.05, 3.63) is 38.9 Å². The number of nitrogens with zero attached hydrogens (tertiary/aromatic N) is 2. The molecule has 0 fully saturated rings. The quantitative estimate of drug-likeness (QED) is 0.649. The van der Waals surface area contributed by atoms with Gasteiger partial charge in [-0.1, -0.05) is 17.7 Å². The average Bonchev–Trinajstić information content (AvgIpc) is 2.17. The molecule has 0 amide bonds. The van der Waals surface area contributed by atoms with Crippen LogP contribution in [0.3, 0.4) is 0 Å². The highest BCUT2D eigenvalue weighted by atomic mass is 35.5. The smallest absolute Gasteiger partial charge is 0.262 e. The maximum atomic E-state index is 11.7. The van der Waals surface area contributed by atoms with Gasteiger partial charge in [-0.25, -0.2) is 4.98 Å². The van der Waals surface area contributed by atoms with E-state index >= 15 is 0 Å². The Kier molecular flexibility index (Phi) is 2.21. The standard InChI is InChI=1S/C9H6Cl2N2O/c1-13-8(14)5-3-2-4-6(10)7(5)12-9(13)11/h2-4H,1H3. The van der Waals surface area contributed by atoms with E-state index in [1.165, 1.54) is 4.57 Å². The molecule has 2 rings (SSSR count). The summed E-state index contributed by atoms with van der Waals surface area (Å²) in [6.07, 6.45) is 0. The van der Waals surface area contributed by atoms with Crippen LogP contribution in [0.15, 0.2) is 23.0 Å². The molecule has 0 aliphatic carbocycles. The molecule has 0 unspecified atom stereocenters. The zero-order valence-corrected chi connectivity index (χ0v) is 8.80. The van der Waals surface area contributed by atoms with Crippen LogP contribution in [0.2, 0.25) is 10.3 Å². The van der Waals surface area contributed by atoms with Crippen molar-refractivity contribution in [1.82, 2.24) is 9.55 Å². The van der Waals surface area contributed by atoms with Gasteiger partial charge in [-0.3, -0.25) is 9.36 Å². The van der Waals surface area contributed by atoms with Gasteiger partial charge in [-0.05, 0) is 23.7 Å². The Morgan fingerprint density at radius 3 is 2.79 bits per heavy atom. The molecule has 0 radical (unpaired) electrons. The normalized spacial score (nSPS) is 10.8. The molecule has 0 saturated carbocycles. The van der Waals surface area contributed by atoms with Crippen molar-refractivity contribution in [2.45, 2.75) is 0 Å². The van der Waals surface area contributed by atoms with Gasteiger partial charge in [0.05, 0.1) is 15.9 Å². The molecule has 14 heavy (non-hydrogen) atoms. The Balaban J connectivity index is 3.06. The van der Waals surface area contributed by atoms with Gasteiger partial charge >= 0.3 is 0 Å². The Hall–Kier alpha value is -1.06. The zero-order chi connectivity index (χ0) is 10.3. The molecule has 3 nitrogen and oxygen atoms in total. The van der Waals surface area contributed by atoms with Crippen LogP contribution in [0.5, 0.6) is 0 Å². The third-order valence-electron chi connectivity index (χ3n) is 2.00. The molecule has 0 atom stereocenters. The largest absolute Gasteiger partial charge is 0.286 e. The molecule has 0 aliphatic rings. The predicted molar refractivity (Wildman–Crippen MR) is 57.0 cm³/mol. The van der Waals surface area contributed by atoms with Crippen molar-refractivity contribution in [2.75, 3.05) is 0 Å². The fourth-order valence-corrected chi connectivity index (χ4v) is 1.61. The zero-order valence-electron chi connectivity index (χ0n) is 7.29. The number of fused-ring (bicyclic) bond motifs is 1. The molecule has 72 valence electrons. The molecular weight excluding hydrogens is 223 g/mol. The van der Waals surface area contributed by atoms with Gasteiger partial charge in [-0.2, -0.15) is 0 Å². The van der Waals surface area contributed by atoms with Crippen molar-refractivity contribution in [3.8, 4) is 0 Å².